The van der Waals surface area contributed by atoms with Gasteiger partial charge in [-0.2, -0.15) is 0 Å². The summed E-state index contributed by atoms with van der Waals surface area (Å²) in [5, 5.41) is 16.3. The van der Waals surface area contributed by atoms with Crippen molar-refractivity contribution in [1.29, 1.82) is 0 Å². The van der Waals surface area contributed by atoms with Gasteiger partial charge in [0.15, 0.2) is 5.13 Å². The lowest BCUT2D eigenvalue weighted by Gasteiger charge is -2.35. The molecule has 14 heteroatoms. The van der Waals surface area contributed by atoms with Gasteiger partial charge in [-0.25, -0.2) is 23.7 Å². The molecule has 1 fully saturated rings. The smallest absolute Gasteiger partial charge is 0.267 e. The molecule has 34 heavy (non-hydrogen) atoms. The first kappa shape index (κ1) is 24.7. The maximum Gasteiger partial charge on any atom is 0.267 e. The highest BCUT2D eigenvalue weighted by Crippen LogP contribution is 2.39. The van der Waals surface area contributed by atoms with Crippen molar-refractivity contribution >= 4 is 62.6 Å². The molecule has 3 aromatic rings. The zero-order valence-corrected chi connectivity index (χ0v) is 20.5. The topological polar surface area (TPSA) is 107 Å². The Balaban J connectivity index is 1.43. The lowest BCUT2D eigenvalue weighted by atomic mass is 10.3. The number of aryl methyl sites for hydroxylation is 1. The molecule has 0 atom stereocenters. The summed E-state index contributed by atoms with van der Waals surface area (Å²) >= 11 is 7.96. The van der Waals surface area contributed by atoms with Crippen molar-refractivity contribution in [2.75, 3.05) is 54.9 Å². The molecule has 0 spiro atoms. The van der Waals surface area contributed by atoms with E-state index in [4.69, 9.17) is 16.7 Å². The number of amides is 1. The van der Waals surface area contributed by atoms with Crippen LogP contribution in [0.2, 0.25) is 4.34 Å². The minimum atomic E-state index is -2.74. The lowest BCUT2D eigenvalue weighted by Crippen LogP contribution is -2.47. The molecule has 1 amide bonds. The molecule has 4 rings (SSSR count). The van der Waals surface area contributed by atoms with E-state index in [0.29, 0.717) is 23.3 Å². The molecule has 1 saturated heterocycles. The number of carbonyl (C=O) groups is 1. The SMILES string of the molecule is Cc1nc(Nc2ncc(C(=O)Nc3c(C(F)F)csc3Cl)s2)cc(N2CCN(CCO)CC2)n1. The molecule has 0 aliphatic carbocycles. The van der Waals surface area contributed by atoms with E-state index >= 15 is 0 Å². The van der Waals surface area contributed by atoms with E-state index in [1.807, 2.05) is 6.07 Å². The number of β-amino-alcohol motifs (C(OH)–C–C–N with tert-alkyl or cyclic N) is 1. The number of anilines is 4. The molecule has 0 radical (unpaired) electrons. The van der Waals surface area contributed by atoms with Crippen LogP contribution in [0.4, 0.5) is 31.2 Å². The largest absolute Gasteiger partial charge is 0.395 e. The first-order valence-electron chi connectivity index (χ1n) is 10.4. The minimum Gasteiger partial charge on any atom is -0.395 e. The van der Waals surface area contributed by atoms with Crippen LogP contribution in [-0.2, 0) is 0 Å². The highest BCUT2D eigenvalue weighted by Gasteiger charge is 2.22. The van der Waals surface area contributed by atoms with Gasteiger partial charge >= 0.3 is 0 Å². The number of thiazole rings is 1. The Kier molecular flexibility index (Phi) is 7.88. The van der Waals surface area contributed by atoms with Crippen LogP contribution in [0, 0.1) is 6.92 Å². The molecule has 1 aliphatic heterocycles. The van der Waals surface area contributed by atoms with Crippen molar-refractivity contribution in [2.24, 2.45) is 0 Å². The third-order valence-corrected chi connectivity index (χ3v) is 7.30. The third-order valence-electron chi connectivity index (χ3n) is 5.15. The van der Waals surface area contributed by atoms with Crippen molar-refractivity contribution in [3.05, 3.63) is 38.2 Å². The predicted molar refractivity (Wildman–Crippen MR) is 130 cm³/mol. The average Bonchev–Trinajstić information content (AvgIpc) is 3.41. The van der Waals surface area contributed by atoms with Gasteiger partial charge in [0.05, 0.1) is 24.1 Å². The molecule has 0 saturated carbocycles. The van der Waals surface area contributed by atoms with Crippen LogP contribution in [0.15, 0.2) is 17.6 Å². The Morgan fingerprint density at radius 3 is 2.76 bits per heavy atom. The first-order chi connectivity index (χ1) is 16.3. The van der Waals surface area contributed by atoms with Gasteiger partial charge in [0.2, 0.25) is 0 Å². The van der Waals surface area contributed by atoms with Gasteiger partial charge in [-0.15, -0.1) is 11.3 Å². The van der Waals surface area contributed by atoms with Crippen LogP contribution in [0.3, 0.4) is 0 Å². The van der Waals surface area contributed by atoms with E-state index < -0.39 is 12.3 Å². The molecule has 3 aromatic heterocycles. The summed E-state index contributed by atoms with van der Waals surface area (Å²) in [5.74, 6) is 1.31. The molecule has 4 heterocycles. The maximum absolute atomic E-state index is 13.1. The molecular weight excluding hydrogens is 508 g/mol. The summed E-state index contributed by atoms with van der Waals surface area (Å²) in [7, 11) is 0. The summed E-state index contributed by atoms with van der Waals surface area (Å²) in [6, 6.07) is 1.82. The molecule has 182 valence electrons. The van der Waals surface area contributed by atoms with Gasteiger partial charge in [0.1, 0.15) is 26.7 Å². The Hall–Kier alpha value is -2.45. The fourth-order valence-corrected chi connectivity index (χ4v) is 5.22. The fourth-order valence-electron chi connectivity index (χ4n) is 3.47. The van der Waals surface area contributed by atoms with Gasteiger partial charge in [-0.1, -0.05) is 22.9 Å². The van der Waals surface area contributed by atoms with Gasteiger partial charge in [-0.05, 0) is 6.92 Å². The van der Waals surface area contributed by atoms with E-state index in [2.05, 4.69) is 35.4 Å². The number of hydrogen-bond donors (Lipinski definition) is 3. The standard InChI is InChI=1S/C20H22ClF2N7O2S2/c1-11-25-14(8-15(26-11)30-4-2-29(3-5-30)6-7-31)27-20-24-9-13(34-20)19(32)28-16-12(18(22)23)10-33-17(16)21/h8-10,18,31H,2-7H2,1H3,(H,28,32)(H,24,25,26,27). The van der Waals surface area contributed by atoms with Crippen molar-refractivity contribution in [3.63, 3.8) is 0 Å². The summed E-state index contributed by atoms with van der Waals surface area (Å²) < 4.78 is 26.4. The molecule has 0 aromatic carbocycles. The van der Waals surface area contributed by atoms with E-state index in [1.54, 1.807) is 6.92 Å². The van der Waals surface area contributed by atoms with Crippen molar-refractivity contribution in [1.82, 2.24) is 19.9 Å². The number of rotatable bonds is 8. The Morgan fingerprint density at radius 1 is 1.29 bits per heavy atom. The molecular formula is C20H22ClF2N7O2S2. The number of thiophene rings is 1. The van der Waals surface area contributed by atoms with Crippen molar-refractivity contribution < 1.29 is 18.7 Å². The third kappa shape index (κ3) is 5.78. The number of carbonyl (C=O) groups excluding carboxylic acids is 1. The number of alkyl halides is 2. The van der Waals surface area contributed by atoms with E-state index in [0.717, 1.165) is 54.7 Å². The number of piperazine rings is 1. The number of nitrogens with zero attached hydrogens (tertiary/aromatic N) is 5. The Bertz CT molecular complexity index is 1150. The van der Waals surface area contributed by atoms with Crippen LogP contribution in [0.25, 0.3) is 0 Å². The molecule has 0 bridgehead atoms. The second-order valence-corrected chi connectivity index (χ2v) is 9.97. The number of nitrogens with one attached hydrogen (secondary N) is 2. The van der Waals surface area contributed by atoms with Crippen LogP contribution in [0.1, 0.15) is 27.5 Å². The summed E-state index contributed by atoms with van der Waals surface area (Å²) in [4.78, 5) is 30.3. The first-order valence-corrected chi connectivity index (χ1v) is 12.4. The lowest BCUT2D eigenvalue weighted by molar-refractivity contribution is 0.102. The number of aliphatic hydroxyl groups is 1. The number of aliphatic hydroxyl groups excluding tert-OH is 1. The zero-order chi connectivity index (χ0) is 24.2. The summed E-state index contributed by atoms with van der Waals surface area (Å²) in [5.41, 5.74) is -0.392. The molecule has 9 nitrogen and oxygen atoms in total. The molecule has 3 N–H and O–H groups in total. The van der Waals surface area contributed by atoms with Gasteiger partial charge in [0, 0.05) is 44.2 Å². The fraction of sp³-hybridized carbons (Fsp3) is 0.400. The normalized spacial score (nSPS) is 14.6. The maximum atomic E-state index is 13.1. The second-order valence-electron chi connectivity index (χ2n) is 7.46. The number of aromatic nitrogens is 3. The predicted octanol–water partition coefficient (Wildman–Crippen LogP) is 4.00. The van der Waals surface area contributed by atoms with Gasteiger partial charge < -0.3 is 20.6 Å². The Labute approximate surface area is 207 Å². The van der Waals surface area contributed by atoms with Crippen LogP contribution >= 0.6 is 34.3 Å². The average molecular weight is 530 g/mol. The quantitative estimate of drug-likeness (QED) is 0.402. The van der Waals surface area contributed by atoms with E-state index in [9.17, 15) is 13.6 Å². The van der Waals surface area contributed by atoms with Gasteiger partial charge in [0.25, 0.3) is 12.3 Å². The second kappa shape index (κ2) is 10.9. The van der Waals surface area contributed by atoms with Gasteiger partial charge in [-0.3, -0.25) is 9.69 Å². The zero-order valence-electron chi connectivity index (χ0n) is 18.1. The highest BCUT2D eigenvalue weighted by atomic mass is 35.5. The van der Waals surface area contributed by atoms with E-state index in [1.165, 1.54) is 11.6 Å². The van der Waals surface area contributed by atoms with Crippen LogP contribution in [-0.4, -0.2) is 70.2 Å². The molecule has 1 aliphatic rings. The van der Waals surface area contributed by atoms with Crippen molar-refractivity contribution in [3.8, 4) is 0 Å². The van der Waals surface area contributed by atoms with Crippen LogP contribution in [0.5, 0.6) is 0 Å². The van der Waals surface area contributed by atoms with Crippen LogP contribution < -0.4 is 15.5 Å². The van der Waals surface area contributed by atoms with Crippen molar-refractivity contribution in [2.45, 2.75) is 13.3 Å². The highest BCUT2D eigenvalue weighted by molar-refractivity contribution is 7.17. The monoisotopic (exact) mass is 529 g/mol. The van der Waals surface area contributed by atoms with E-state index in [-0.39, 0.29) is 27.1 Å². The minimum absolute atomic E-state index is 0.0790. The number of halogens is 3. The number of hydrogen-bond acceptors (Lipinski definition) is 10. The summed E-state index contributed by atoms with van der Waals surface area (Å²) in [6.45, 7) is 5.82. The molecule has 0 unspecified atom stereocenters. The summed E-state index contributed by atoms with van der Waals surface area (Å²) in [6.07, 6.45) is -1.38. The Morgan fingerprint density at radius 2 is 2.06 bits per heavy atom.